The molecule has 8 nitrogen and oxygen atoms in total. The molecule has 1 aromatic carbocycles. The highest BCUT2D eigenvalue weighted by atomic mass is 19.1. The summed E-state index contributed by atoms with van der Waals surface area (Å²) in [5, 5.41) is 2.59. The molecule has 0 spiro atoms. The van der Waals surface area contributed by atoms with Crippen LogP contribution in [0.1, 0.15) is 26.3 Å². The lowest BCUT2D eigenvalue weighted by Crippen LogP contribution is -2.38. The smallest absolute Gasteiger partial charge is 0.414 e. The van der Waals surface area contributed by atoms with E-state index in [-0.39, 0.29) is 32.0 Å². The molecule has 28 heavy (non-hydrogen) atoms. The molecule has 152 valence electrons. The average Bonchev–Trinajstić information content (AvgIpc) is 3.11. The SMILES string of the molecule is CC(C)(C)OC(=O)NC[C@H]1CN(c2ccc3c(c2)CC(=O)N3CCF)C(=O)O1. The first-order chi connectivity index (χ1) is 13.2. The summed E-state index contributed by atoms with van der Waals surface area (Å²) in [5.74, 6) is -0.159. The molecule has 1 N–H and O–H groups in total. The fourth-order valence-corrected chi connectivity index (χ4v) is 3.22. The van der Waals surface area contributed by atoms with E-state index in [1.54, 1.807) is 39.0 Å². The maximum atomic E-state index is 12.6. The summed E-state index contributed by atoms with van der Waals surface area (Å²) in [6.45, 7) is 5.08. The van der Waals surface area contributed by atoms with E-state index in [0.717, 1.165) is 5.56 Å². The van der Waals surface area contributed by atoms with Crippen LogP contribution in [0.4, 0.5) is 25.4 Å². The van der Waals surface area contributed by atoms with Crippen LogP contribution in [0.3, 0.4) is 0 Å². The molecule has 3 amide bonds. The van der Waals surface area contributed by atoms with Crippen LogP contribution in [0.5, 0.6) is 0 Å². The number of nitrogens with zero attached hydrogens (tertiary/aromatic N) is 2. The molecule has 2 heterocycles. The Morgan fingerprint density at radius 1 is 1.36 bits per heavy atom. The summed E-state index contributed by atoms with van der Waals surface area (Å²) < 4.78 is 23.1. The molecule has 2 aliphatic rings. The first kappa shape index (κ1) is 19.9. The van der Waals surface area contributed by atoms with E-state index in [0.29, 0.717) is 11.4 Å². The predicted octanol–water partition coefficient (Wildman–Crippen LogP) is 2.40. The van der Waals surface area contributed by atoms with Gasteiger partial charge in [0.25, 0.3) is 0 Å². The van der Waals surface area contributed by atoms with Crippen molar-refractivity contribution in [1.29, 1.82) is 0 Å². The van der Waals surface area contributed by atoms with Gasteiger partial charge in [-0.2, -0.15) is 0 Å². The molecule has 1 saturated heterocycles. The lowest BCUT2D eigenvalue weighted by molar-refractivity contribution is -0.117. The van der Waals surface area contributed by atoms with Crippen molar-refractivity contribution in [3.8, 4) is 0 Å². The standard InChI is InChI=1S/C19H24FN3O5/c1-19(2,3)28-17(25)21-10-14-11-23(18(26)27-14)13-4-5-15-12(8-13)9-16(24)22(15)7-6-20/h4-5,8,14H,6-7,9-11H2,1-3H3,(H,21,25)/t14-/m0/s1. The van der Waals surface area contributed by atoms with Gasteiger partial charge in [-0.3, -0.25) is 9.69 Å². The highest BCUT2D eigenvalue weighted by molar-refractivity contribution is 6.02. The van der Waals surface area contributed by atoms with Gasteiger partial charge in [-0.25, -0.2) is 14.0 Å². The van der Waals surface area contributed by atoms with Gasteiger partial charge in [0, 0.05) is 11.4 Å². The number of amides is 3. The molecule has 3 rings (SSSR count). The number of anilines is 2. The Hall–Kier alpha value is -2.84. The van der Waals surface area contributed by atoms with E-state index < -0.39 is 30.6 Å². The van der Waals surface area contributed by atoms with Gasteiger partial charge in [-0.15, -0.1) is 0 Å². The van der Waals surface area contributed by atoms with Crippen LogP contribution in [0.15, 0.2) is 18.2 Å². The van der Waals surface area contributed by atoms with Gasteiger partial charge >= 0.3 is 12.2 Å². The summed E-state index contributed by atoms with van der Waals surface area (Å²) in [4.78, 5) is 38.8. The van der Waals surface area contributed by atoms with E-state index in [1.807, 2.05) is 0 Å². The molecule has 0 bridgehead atoms. The molecule has 1 atom stereocenters. The van der Waals surface area contributed by atoms with E-state index in [2.05, 4.69) is 5.32 Å². The summed E-state index contributed by atoms with van der Waals surface area (Å²) in [7, 11) is 0. The average molecular weight is 393 g/mol. The highest BCUT2D eigenvalue weighted by Crippen LogP contribution is 2.33. The van der Waals surface area contributed by atoms with Crippen LogP contribution < -0.4 is 15.1 Å². The molecule has 0 aromatic heterocycles. The second kappa shape index (κ2) is 7.65. The highest BCUT2D eigenvalue weighted by Gasteiger charge is 2.34. The lowest BCUT2D eigenvalue weighted by atomic mass is 10.1. The van der Waals surface area contributed by atoms with Gasteiger partial charge in [-0.05, 0) is 44.5 Å². The number of ether oxygens (including phenoxy) is 2. The van der Waals surface area contributed by atoms with E-state index in [9.17, 15) is 18.8 Å². The third-order valence-corrected chi connectivity index (χ3v) is 4.36. The number of alkyl halides is 1. The molecule has 0 saturated carbocycles. The number of cyclic esters (lactones) is 1. The number of benzene rings is 1. The van der Waals surface area contributed by atoms with Crippen molar-refractivity contribution in [2.45, 2.75) is 38.9 Å². The molecule has 1 fully saturated rings. The monoisotopic (exact) mass is 393 g/mol. The summed E-state index contributed by atoms with van der Waals surface area (Å²) in [6.07, 6.45) is -1.44. The second-order valence-electron chi connectivity index (χ2n) is 7.72. The van der Waals surface area contributed by atoms with E-state index in [1.165, 1.54) is 9.80 Å². The van der Waals surface area contributed by atoms with Crippen molar-refractivity contribution in [3.63, 3.8) is 0 Å². The number of halogens is 1. The van der Waals surface area contributed by atoms with E-state index >= 15 is 0 Å². The Morgan fingerprint density at radius 2 is 2.11 bits per heavy atom. The minimum atomic E-state index is -0.613. The first-order valence-corrected chi connectivity index (χ1v) is 9.12. The third kappa shape index (κ3) is 4.35. The molecule has 0 aliphatic carbocycles. The van der Waals surface area contributed by atoms with Crippen LogP contribution in [-0.4, -0.2) is 56.1 Å². The quantitative estimate of drug-likeness (QED) is 0.830. The third-order valence-electron chi connectivity index (χ3n) is 4.36. The van der Waals surface area contributed by atoms with Crippen LogP contribution in [0.25, 0.3) is 0 Å². The van der Waals surface area contributed by atoms with Gasteiger partial charge < -0.3 is 19.7 Å². The zero-order chi connectivity index (χ0) is 20.5. The molecule has 9 heteroatoms. The number of carbonyl (C=O) groups excluding carboxylic acids is 3. The van der Waals surface area contributed by atoms with Gasteiger partial charge in [0.05, 0.1) is 26.1 Å². The number of hydrogen-bond donors (Lipinski definition) is 1. The van der Waals surface area contributed by atoms with E-state index in [4.69, 9.17) is 9.47 Å². The topological polar surface area (TPSA) is 88.2 Å². The number of rotatable bonds is 5. The number of nitrogens with one attached hydrogen (secondary N) is 1. The fraction of sp³-hybridized carbons (Fsp3) is 0.526. The summed E-state index contributed by atoms with van der Waals surface area (Å²) in [6, 6.07) is 5.16. The largest absolute Gasteiger partial charge is 0.444 e. The van der Waals surface area contributed by atoms with Crippen molar-refractivity contribution in [2.24, 2.45) is 0 Å². The van der Waals surface area contributed by atoms with Crippen molar-refractivity contribution >= 4 is 29.5 Å². The predicted molar refractivity (Wildman–Crippen MR) is 100 cm³/mol. The normalized spacial score (nSPS) is 18.9. The number of fused-ring (bicyclic) bond motifs is 1. The van der Waals surface area contributed by atoms with Gasteiger partial charge in [-0.1, -0.05) is 0 Å². The van der Waals surface area contributed by atoms with Crippen LogP contribution >= 0.6 is 0 Å². The minimum absolute atomic E-state index is 0.0232. The Morgan fingerprint density at radius 3 is 2.79 bits per heavy atom. The molecule has 0 radical (unpaired) electrons. The molecule has 1 aromatic rings. The van der Waals surface area contributed by atoms with Gasteiger partial charge in [0.15, 0.2) is 0 Å². The Balaban J connectivity index is 1.63. The molecule has 2 aliphatic heterocycles. The van der Waals surface area contributed by atoms with Crippen molar-refractivity contribution in [3.05, 3.63) is 23.8 Å². The van der Waals surface area contributed by atoms with Crippen LogP contribution in [-0.2, 0) is 20.7 Å². The maximum Gasteiger partial charge on any atom is 0.414 e. The molecule has 0 unspecified atom stereocenters. The van der Waals surface area contributed by atoms with Crippen LogP contribution in [0.2, 0.25) is 0 Å². The number of hydrogen-bond acceptors (Lipinski definition) is 5. The first-order valence-electron chi connectivity index (χ1n) is 9.12. The van der Waals surface area contributed by atoms with Gasteiger partial charge in [0.2, 0.25) is 5.91 Å². The molecular formula is C19H24FN3O5. The number of carbonyl (C=O) groups is 3. The van der Waals surface area contributed by atoms with Crippen molar-refractivity contribution < 1.29 is 28.2 Å². The minimum Gasteiger partial charge on any atom is -0.444 e. The summed E-state index contributed by atoms with van der Waals surface area (Å²) >= 11 is 0. The van der Waals surface area contributed by atoms with Gasteiger partial charge in [0.1, 0.15) is 18.4 Å². The Kier molecular flexibility index (Phi) is 5.44. The van der Waals surface area contributed by atoms with Crippen LogP contribution in [0, 0.1) is 0 Å². The maximum absolute atomic E-state index is 12.6. The fourth-order valence-electron chi connectivity index (χ4n) is 3.22. The molecular weight excluding hydrogens is 369 g/mol. The lowest BCUT2D eigenvalue weighted by Gasteiger charge is -2.20. The van der Waals surface area contributed by atoms with Crippen molar-refractivity contribution in [2.75, 3.05) is 36.1 Å². The second-order valence-corrected chi connectivity index (χ2v) is 7.72. The zero-order valence-corrected chi connectivity index (χ0v) is 16.2. The zero-order valence-electron chi connectivity index (χ0n) is 16.2. The summed E-state index contributed by atoms with van der Waals surface area (Å²) in [5.41, 5.74) is 1.40. The van der Waals surface area contributed by atoms with Crippen molar-refractivity contribution in [1.82, 2.24) is 5.32 Å². The number of alkyl carbamates (subject to hydrolysis) is 1. The Bertz CT molecular complexity index is 792. The Labute approximate surface area is 162 Å².